The first-order chi connectivity index (χ1) is 5.61. The van der Waals surface area contributed by atoms with Crippen LogP contribution in [-0.4, -0.2) is 5.84 Å². The van der Waals surface area contributed by atoms with Crippen LogP contribution in [0.15, 0.2) is 22.7 Å². The van der Waals surface area contributed by atoms with E-state index in [0.29, 0.717) is 11.4 Å². The molecule has 72 valence electrons. The molecule has 0 unspecified atom stereocenters. The van der Waals surface area contributed by atoms with Gasteiger partial charge in [-0.1, -0.05) is 23.7 Å². The van der Waals surface area contributed by atoms with Crippen molar-refractivity contribution in [3.8, 4) is 0 Å². The van der Waals surface area contributed by atoms with Gasteiger partial charge in [0, 0.05) is 10.9 Å². The van der Waals surface area contributed by atoms with Crippen LogP contribution in [0.1, 0.15) is 5.56 Å². The Bertz CT molecular complexity index is 315. The summed E-state index contributed by atoms with van der Waals surface area (Å²) in [5, 5.41) is 7.76. The topological polar surface area (TPSA) is 49.9 Å². The van der Waals surface area contributed by atoms with E-state index in [4.69, 9.17) is 22.7 Å². The number of amidine groups is 1. The highest BCUT2D eigenvalue weighted by Crippen LogP contribution is 2.26. The highest BCUT2D eigenvalue weighted by atomic mass is 79.9. The molecule has 0 bridgehead atoms. The third-order valence-electron chi connectivity index (χ3n) is 1.41. The lowest BCUT2D eigenvalue weighted by molar-refractivity contribution is 1.23. The van der Waals surface area contributed by atoms with Gasteiger partial charge in [-0.25, -0.2) is 0 Å². The molecule has 0 saturated carbocycles. The molecule has 13 heavy (non-hydrogen) atoms. The van der Waals surface area contributed by atoms with Gasteiger partial charge in [0.15, 0.2) is 0 Å². The van der Waals surface area contributed by atoms with Gasteiger partial charge >= 0.3 is 0 Å². The summed E-state index contributed by atoms with van der Waals surface area (Å²) in [4.78, 5) is 0. The Kier molecular flexibility index (Phi) is 5.37. The Hall–Kier alpha value is -0.250. The molecule has 0 radical (unpaired) electrons. The van der Waals surface area contributed by atoms with Crippen LogP contribution in [0.3, 0.4) is 0 Å². The fraction of sp³-hybridized carbons (Fsp3) is 0.125. The van der Waals surface area contributed by atoms with Gasteiger partial charge in [-0.3, -0.25) is 5.41 Å². The predicted octanol–water partition coefficient (Wildman–Crippen LogP) is 3.00. The van der Waals surface area contributed by atoms with Crippen LogP contribution < -0.4 is 5.73 Å². The zero-order chi connectivity index (χ0) is 9.14. The maximum absolute atomic E-state index is 7.11. The van der Waals surface area contributed by atoms with Gasteiger partial charge in [0.05, 0.1) is 10.9 Å². The smallest absolute Gasteiger partial charge is 0.0950 e. The van der Waals surface area contributed by atoms with Crippen molar-refractivity contribution >= 4 is 45.8 Å². The van der Waals surface area contributed by atoms with E-state index in [2.05, 4.69) is 15.9 Å². The largest absolute Gasteiger partial charge is 0.387 e. The second kappa shape index (κ2) is 5.47. The molecule has 0 heterocycles. The lowest BCUT2D eigenvalue weighted by Gasteiger charge is -2.03. The average molecular weight is 284 g/mol. The van der Waals surface area contributed by atoms with Crippen LogP contribution in [0.5, 0.6) is 0 Å². The third-order valence-corrected chi connectivity index (χ3v) is 2.89. The van der Waals surface area contributed by atoms with E-state index in [-0.39, 0.29) is 18.2 Å². The lowest BCUT2D eigenvalue weighted by Crippen LogP contribution is -2.12. The summed E-state index contributed by atoms with van der Waals surface area (Å²) in [6, 6.07) is 5.51. The number of hydrogen-bond acceptors (Lipinski definition) is 1. The second-order valence-electron chi connectivity index (χ2n) is 2.41. The van der Waals surface area contributed by atoms with Crippen molar-refractivity contribution in [3.05, 3.63) is 33.3 Å². The molecule has 1 aromatic rings. The summed E-state index contributed by atoms with van der Waals surface area (Å²) >= 11 is 9.16. The van der Waals surface area contributed by atoms with Crippen LogP contribution in [0.2, 0.25) is 5.02 Å². The predicted molar refractivity (Wildman–Crippen MR) is 62.0 cm³/mol. The van der Waals surface area contributed by atoms with Crippen LogP contribution >= 0.6 is 39.9 Å². The number of rotatable bonds is 2. The van der Waals surface area contributed by atoms with Gasteiger partial charge < -0.3 is 5.73 Å². The molecule has 0 aliphatic rings. The first-order valence-corrected chi connectivity index (χ1v) is 4.54. The Labute approximate surface area is 96.5 Å². The summed E-state index contributed by atoms with van der Waals surface area (Å²) < 4.78 is 0.821. The van der Waals surface area contributed by atoms with Gasteiger partial charge in [0.2, 0.25) is 0 Å². The molecular formula is C8H9BrCl2N2. The second-order valence-corrected chi connectivity index (χ2v) is 3.62. The molecule has 1 aromatic carbocycles. The van der Waals surface area contributed by atoms with E-state index in [9.17, 15) is 0 Å². The van der Waals surface area contributed by atoms with Crippen molar-refractivity contribution in [2.45, 2.75) is 6.42 Å². The normalized spacial score (nSPS) is 9.08. The average Bonchev–Trinajstić information content (AvgIpc) is 1.98. The minimum atomic E-state index is 0. The quantitative estimate of drug-likeness (QED) is 0.636. The van der Waals surface area contributed by atoms with Crippen molar-refractivity contribution in [3.63, 3.8) is 0 Å². The molecule has 1 rings (SSSR count). The van der Waals surface area contributed by atoms with Crippen LogP contribution in [0, 0.1) is 5.41 Å². The zero-order valence-corrected chi connectivity index (χ0v) is 9.84. The van der Waals surface area contributed by atoms with E-state index in [1.165, 1.54) is 0 Å². The monoisotopic (exact) mass is 282 g/mol. The summed E-state index contributed by atoms with van der Waals surface area (Å²) in [6.45, 7) is 0. The summed E-state index contributed by atoms with van der Waals surface area (Å²) in [6.07, 6.45) is 0.432. The van der Waals surface area contributed by atoms with Gasteiger partial charge in [-0.05, 0) is 27.6 Å². The van der Waals surface area contributed by atoms with Gasteiger partial charge in [0.1, 0.15) is 0 Å². The number of hydrogen-bond donors (Lipinski definition) is 2. The molecule has 0 saturated heterocycles. The minimum absolute atomic E-state index is 0. The first kappa shape index (κ1) is 12.8. The Morgan fingerprint density at radius 3 is 2.69 bits per heavy atom. The van der Waals surface area contributed by atoms with Crippen molar-refractivity contribution < 1.29 is 0 Å². The van der Waals surface area contributed by atoms with Crippen LogP contribution in [0.25, 0.3) is 0 Å². The summed E-state index contributed by atoms with van der Waals surface area (Å²) in [5.74, 6) is 0.137. The highest BCUT2D eigenvalue weighted by Gasteiger charge is 2.03. The summed E-state index contributed by atoms with van der Waals surface area (Å²) in [7, 11) is 0. The molecular weight excluding hydrogens is 275 g/mol. The fourth-order valence-electron chi connectivity index (χ4n) is 0.890. The van der Waals surface area contributed by atoms with Crippen molar-refractivity contribution in [1.29, 1.82) is 5.41 Å². The molecule has 0 amide bonds. The number of halogens is 3. The molecule has 0 atom stereocenters. The van der Waals surface area contributed by atoms with E-state index in [1.54, 1.807) is 6.07 Å². The van der Waals surface area contributed by atoms with Crippen LogP contribution in [-0.2, 0) is 6.42 Å². The van der Waals surface area contributed by atoms with E-state index < -0.39 is 0 Å². The van der Waals surface area contributed by atoms with E-state index in [0.717, 1.165) is 10.0 Å². The Morgan fingerprint density at radius 2 is 2.15 bits per heavy atom. The first-order valence-electron chi connectivity index (χ1n) is 3.37. The molecule has 0 aromatic heterocycles. The maximum atomic E-state index is 7.11. The maximum Gasteiger partial charge on any atom is 0.0950 e. The zero-order valence-electron chi connectivity index (χ0n) is 6.68. The highest BCUT2D eigenvalue weighted by molar-refractivity contribution is 9.10. The molecule has 0 aliphatic heterocycles. The molecule has 2 nitrogen and oxygen atoms in total. The molecule has 0 spiro atoms. The summed E-state index contributed by atoms with van der Waals surface area (Å²) in [5.41, 5.74) is 6.20. The van der Waals surface area contributed by atoms with E-state index >= 15 is 0 Å². The van der Waals surface area contributed by atoms with Crippen molar-refractivity contribution in [1.82, 2.24) is 0 Å². The molecule has 3 N–H and O–H groups in total. The molecule has 0 aliphatic carbocycles. The standard InChI is InChI=1S/C8H8BrClN2.ClH/c9-8-5(4-7(11)12)2-1-3-6(8)10;/h1-3H,4H2,(H3,11,12);1H. The number of benzene rings is 1. The number of nitrogens with two attached hydrogens (primary N) is 1. The van der Waals surface area contributed by atoms with Crippen molar-refractivity contribution in [2.24, 2.45) is 5.73 Å². The SMILES string of the molecule is Cl.N=C(N)Cc1cccc(Cl)c1Br. The Morgan fingerprint density at radius 1 is 1.54 bits per heavy atom. The lowest BCUT2D eigenvalue weighted by atomic mass is 10.1. The Balaban J connectivity index is 0.00000144. The van der Waals surface area contributed by atoms with E-state index in [1.807, 2.05) is 12.1 Å². The minimum Gasteiger partial charge on any atom is -0.387 e. The molecule has 0 fully saturated rings. The van der Waals surface area contributed by atoms with Gasteiger partial charge in [-0.15, -0.1) is 12.4 Å². The molecule has 5 heteroatoms. The van der Waals surface area contributed by atoms with Gasteiger partial charge in [-0.2, -0.15) is 0 Å². The fourth-order valence-corrected chi connectivity index (χ4v) is 1.49. The van der Waals surface area contributed by atoms with Gasteiger partial charge in [0.25, 0.3) is 0 Å². The third kappa shape index (κ3) is 3.55. The number of nitrogens with one attached hydrogen (secondary N) is 1. The van der Waals surface area contributed by atoms with Crippen molar-refractivity contribution in [2.75, 3.05) is 0 Å². The van der Waals surface area contributed by atoms with Crippen LogP contribution in [0.4, 0.5) is 0 Å².